The Bertz CT molecular complexity index is 1010. The normalized spacial score (nSPS) is 10.6. The first-order valence-electron chi connectivity index (χ1n) is 8.57. The molecule has 5 heteroatoms. The van der Waals surface area contributed by atoms with Crippen molar-refractivity contribution in [1.29, 1.82) is 0 Å². The maximum Gasteiger partial charge on any atom is 0.258 e. The lowest BCUT2D eigenvalue weighted by atomic mass is 10.2. The molecule has 4 aromatic rings. The minimum absolute atomic E-state index is 0.452. The van der Waals surface area contributed by atoms with E-state index >= 15 is 0 Å². The number of aromatic nitrogens is 2. The van der Waals surface area contributed by atoms with E-state index in [2.05, 4.69) is 10.1 Å². The fraction of sp³-hybridized carbons (Fsp3) is 0.0909. The van der Waals surface area contributed by atoms with Gasteiger partial charge in [0.05, 0.1) is 7.11 Å². The number of rotatable bonds is 6. The van der Waals surface area contributed by atoms with Crippen molar-refractivity contribution in [2.45, 2.75) is 6.61 Å². The highest BCUT2D eigenvalue weighted by atomic mass is 16.5. The van der Waals surface area contributed by atoms with Gasteiger partial charge in [-0.1, -0.05) is 41.6 Å². The van der Waals surface area contributed by atoms with E-state index in [1.807, 2.05) is 78.9 Å². The van der Waals surface area contributed by atoms with Crippen molar-refractivity contribution in [3.63, 3.8) is 0 Å². The molecule has 3 aromatic carbocycles. The van der Waals surface area contributed by atoms with Crippen LogP contribution in [0.3, 0.4) is 0 Å². The first-order valence-corrected chi connectivity index (χ1v) is 8.57. The van der Waals surface area contributed by atoms with Crippen LogP contribution in [0.25, 0.3) is 22.8 Å². The molecule has 4 rings (SSSR count). The van der Waals surface area contributed by atoms with Gasteiger partial charge in [0, 0.05) is 11.1 Å². The van der Waals surface area contributed by atoms with Crippen molar-refractivity contribution in [1.82, 2.24) is 10.1 Å². The smallest absolute Gasteiger partial charge is 0.258 e. The van der Waals surface area contributed by atoms with Crippen LogP contribution >= 0.6 is 0 Å². The largest absolute Gasteiger partial charge is 0.497 e. The molecule has 5 nitrogen and oxygen atoms in total. The Kier molecular flexibility index (Phi) is 4.83. The Morgan fingerprint density at radius 3 is 2.41 bits per heavy atom. The molecule has 0 saturated carbocycles. The average Bonchev–Trinajstić information content (AvgIpc) is 3.24. The van der Waals surface area contributed by atoms with Crippen LogP contribution in [0.15, 0.2) is 83.4 Å². The Morgan fingerprint density at radius 1 is 0.815 bits per heavy atom. The van der Waals surface area contributed by atoms with Gasteiger partial charge in [-0.25, -0.2) is 0 Å². The zero-order chi connectivity index (χ0) is 18.5. The molecule has 0 amide bonds. The summed E-state index contributed by atoms with van der Waals surface area (Å²) in [5.74, 6) is 2.52. The molecule has 0 spiro atoms. The molecule has 27 heavy (non-hydrogen) atoms. The van der Waals surface area contributed by atoms with Gasteiger partial charge in [-0.05, 0) is 48.0 Å². The first-order chi connectivity index (χ1) is 13.3. The van der Waals surface area contributed by atoms with Crippen LogP contribution in [0.5, 0.6) is 11.5 Å². The molecule has 0 aliphatic rings. The van der Waals surface area contributed by atoms with E-state index < -0.39 is 0 Å². The van der Waals surface area contributed by atoms with Crippen LogP contribution in [-0.2, 0) is 6.61 Å². The topological polar surface area (TPSA) is 57.4 Å². The van der Waals surface area contributed by atoms with Gasteiger partial charge in [-0.15, -0.1) is 0 Å². The molecule has 0 aliphatic carbocycles. The second kappa shape index (κ2) is 7.74. The number of hydrogen-bond acceptors (Lipinski definition) is 5. The molecular weight excluding hydrogens is 340 g/mol. The molecule has 1 heterocycles. The van der Waals surface area contributed by atoms with E-state index in [0.29, 0.717) is 18.3 Å². The Labute approximate surface area is 157 Å². The predicted octanol–water partition coefficient (Wildman–Crippen LogP) is 4.99. The predicted molar refractivity (Wildman–Crippen MR) is 102 cm³/mol. The van der Waals surface area contributed by atoms with Crippen molar-refractivity contribution in [2.75, 3.05) is 7.11 Å². The van der Waals surface area contributed by atoms with E-state index in [-0.39, 0.29) is 0 Å². The van der Waals surface area contributed by atoms with Gasteiger partial charge in [-0.3, -0.25) is 0 Å². The van der Waals surface area contributed by atoms with Crippen molar-refractivity contribution in [3.05, 3.63) is 84.4 Å². The maximum atomic E-state index is 5.80. The molecule has 0 aliphatic heterocycles. The molecule has 0 bridgehead atoms. The highest BCUT2D eigenvalue weighted by Crippen LogP contribution is 2.26. The standard InChI is InChI=1S/C22H18N2O3/c1-25-20-9-5-8-18(14-20)22-23-21(24-27-22)17-10-12-19(13-11-17)26-15-16-6-3-2-4-7-16/h2-14H,15H2,1H3. The minimum Gasteiger partial charge on any atom is -0.497 e. The summed E-state index contributed by atoms with van der Waals surface area (Å²) in [5, 5.41) is 4.07. The fourth-order valence-corrected chi connectivity index (χ4v) is 2.66. The van der Waals surface area contributed by atoms with Crippen LogP contribution < -0.4 is 9.47 Å². The highest BCUT2D eigenvalue weighted by molar-refractivity contribution is 5.61. The lowest BCUT2D eigenvalue weighted by Gasteiger charge is -2.06. The van der Waals surface area contributed by atoms with Gasteiger partial charge < -0.3 is 14.0 Å². The van der Waals surface area contributed by atoms with Gasteiger partial charge in [-0.2, -0.15) is 4.98 Å². The van der Waals surface area contributed by atoms with Gasteiger partial charge in [0.25, 0.3) is 5.89 Å². The van der Waals surface area contributed by atoms with Gasteiger partial charge >= 0.3 is 0 Å². The van der Waals surface area contributed by atoms with Crippen LogP contribution in [-0.4, -0.2) is 17.3 Å². The molecule has 1 aromatic heterocycles. The van der Waals surface area contributed by atoms with E-state index in [4.69, 9.17) is 14.0 Å². The SMILES string of the molecule is COc1cccc(-c2nc(-c3ccc(OCc4ccccc4)cc3)no2)c1. The van der Waals surface area contributed by atoms with Gasteiger partial charge in [0.2, 0.25) is 5.82 Å². The van der Waals surface area contributed by atoms with Crippen LogP contribution in [0.1, 0.15) is 5.56 Å². The monoisotopic (exact) mass is 358 g/mol. The van der Waals surface area contributed by atoms with E-state index in [9.17, 15) is 0 Å². The summed E-state index contributed by atoms with van der Waals surface area (Å²) in [6, 6.07) is 25.2. The quantitative estimate of drug-likeness (QED) is 0.486. The third-order valence-electron chi connectivity index (χ3n) is 4.10. The van der Waals surface area contributed by atoms with E-state index in [1.54, 1.807) is 7.11 Å². The Hall–Kier alpha value is -3.60. The van der Waals surface area contributed by atoms with Crippen LogP contribution in [0, 0.1) is 0 Å². The molecule has 0 atom stereocenters. The summed E-state index contributed by atoms with van der Waals surface area (Å²) in [7, 11) is 1.62. The molecule has 0 N–H and O–H groups in total. The molecular formula is C22H18N2O3. The summed E-state index contributed by atoms with van der Waals surface area (Å²) < 4.78 is 16.4. The van der Waals surface area contributed by atoms with Crippen molar-refractivity contribution >= 4 is 0 Å². The number of ether oxygens (including phenoxy) is 2. The second-order valence-electron chi connectivity index (χ2n) is 5.95. The number of hydrogen-bond donors (Lipinski definition) is 0. The highest BCUT2D eigenvalue weighted by Gasteiger charge is 2.11. The molecule has 0 radical (unpaired) electrons. The second-order valence-corrected chi connectivity index (χ2v) is 5.95. The molecule has 0 saturated heterocycles. The van der Waals surface area contributed by atoms with Gasteiger partial charge in [0.15, 0.2) is 0 Å². The minimum atomic E-state index is 0.452. The summed E-state index contributed by atoms with van der Waals surface area (Å²) >= 11 is 0. The zero-order valence-electron chi connectivity index (χ0n) is 14.8. The van der Waals surface area contributed by atoms with E-state index in [0.717, 1.165) is 28.2 Å². The summed E-state index contributed by atoms with van der Waals surface area (Å²) in [5.41, 5.74) is 2.80. The van der Waals surface area contributed by atoms with Gasteiger partial charge in [0.1, 0.15) is 18.1 Å². The van der Waals surface area contributed by atoms with Crippen molar-refractivity contribution in [2.24, 2.45) is 0 Å². The molecule has 0 fully saturated rings. The Balaban J connectivity index is 1.47. The average molecular weight is 358 g/mol. The molecule has 0 unspecified atom stereocenters. The summed E-state index contributed by atoms with van der Waals surface area (Å²) in [4.78, 5) is 4.48. The number of methoxy groups -OCH3 is 1. The fourth-order valence-electron chi connectivity index (χ4n) is 2.66. The lowest BCUT2D eigenvalue weighted by Crippen LogP contribution is -1.94. The zero-order valence-corrected chi connectivity index (χ0v) is 14.8. The number of nitrogens with zero attached hydrogens (tertiary/aromatic N) is 2. The third-order valence-corrected chi connectivity index (χ3v) is 4.10. The number of benzene rings is 3. The third kappa shape index (κ3) is 3.98. The maximum absolute atomic E-state index is 5.80. The first kappa shape index (κ1) is 16.8. The molecule has 134 valence electrons. The lowest BCUT2D eigenvalue weighted by molar-refractivity contribution is 0.306. The Morgan fingerprint density at radius 2 is 1.63 bits per heavy atom. The van der Waals surface area contributed by atoms with Crippen LogP contribution in [0.4, 0.5) is 0 Å². The summed E-state index contributed by atoms with van der Waals surface area (Å²) in [6.45, 7) is 0.530. The summed E-state index contributed by atoms with van der Waals surface area (Å²) in [6.07, 6.45) is 0. The van der Waals surface area contributed by atoms with Crippen molar-refractivity contribution < 1.29 is 14.0 Å². The van der Waals surface area contributed by atoms with Crippen molar-refractivity contribution in [3.8, 4) is 34.3 Å². The van der Waals surface area contributed by atoms with Crippen LogP contribution in [0.2, 0.25) is 0 Å². The van der Waals surface area contributed by atoms with E-state index in [1.165, 1.54) is 0 Å².